The van der Waals surface area contributed by atoms with Crippen LogP contribution in [0.4, 0.5) is 8.78 Å². The van der Waals surface area contributed by atoms with E-state index in [0.29, 0.717) is 17.0 Å². The first-order valence-corrected chi connectivity index (χ1v) is 9.45. The first-order valence-electron chi connectivity index (χ1n) is 9.45. The molecule has 5 nitrogen and oxygen atoms in total. The van der Waals surface area contributed by atoms with Crippen molar-refractivity contribution in [1.29, 1.82) is 0 Å². The number of nitrogens with zero attached hydrogens (tertiary/aromatic N) is 2. The van der Waals surface area contributed by atoms with E-state index in [1.165, 1.54) is 30.6 Å². The summed E-state index contributed by atoms with van der Waals surface area (Å²) in [6.07, 6.45) is 1.35. The van der Waals surface area contributed by atoms with Crippen molar-refractivity contribution >= 4 is 5.91 Å². The lowest BCUT2D eigenvalue weighted by Gasteiger charge is -2.09. The van der Waals surface area contributed by atoms with E-state index in [-0.39, 0.29) is 30.0 Å². The van der Waals surface area contributed by atoms with Gasteiger partial charge < -0.3 is 10.1 Å². The average molecular weight is 417 g/mol. The van der Waals surface area contributed by atoms with E-state index < -0.39 is 0 Å². The van der Waals surface area contributed by atoms with Crippen LogP contribution in [0.25, 0.3) is 11.3 Å². The van der Waals surface area contributed by atoms with Gasteiger partial charge >= 0.3 is 0 Å². The van der Waals surface area contributed by atoms with Crippen LogP contribution in [0.15, 0.2) is 85.2 Å². The maximum atomic E-state index is 13.1. The predicted octanol–water partition coefficient (Wildman–Crippen LogP) is 5.14. The molecule has 0 atom stereocenters. The number of rotatable bonds is 6. The number of amides is 1. The molecule has 0 spiro atoms. The van der Waals surface area contributed by atoms with Gasteiger partial charge in [0.25, 0.3) is 5.91 Å². The first-order chi connectivity index (χ1) is 15.1. The van der Waals surface area contributed by atoms with E-state index in [0.717, 1.165) is 11.1 Å². The normalized spacial score (nSPS) is 10.5. The highest BCUT2D eigenvalue weighted by Gasteiger charge is 2.09. The van der Waals surface area contributed by atoms with Gasteiger partial charge in [-0.15, -0.1) is 0 Å². The molecule has 0 radical (unpaired) electrons. The fraction of sp³-hybridized carbons (Fsp3) is 0.0417. The Kier molecular flexibility index (Phi) is 5.93. The molecular weight excluding hydrogens is 400 g/mol. The van der Waals surface area contributed by atoms with E-state index in [2.05, 4.69) is 15.3 Å². The molecule has 1 aromatic heterocycles. The van der Waals surface area contributed by atoms with E-state index in [9.17, 15) is 13.6 Å². The zero-order valence-electron chi connectivity index (χ0n) is 16.3. The van der Waals surface area contributed by atoms with Crippen LogP contribution in [0.2, 0.25) is 0 Å². The largest absolute Gasteiger partial charge is 0.439 e. The first kappa shape index (κ1) is 20.2. The van der Waals surface area contributed by atoms with Crippen LogP contribution in [-0.2, 0) is 6.54 Å². The number of nitrogens with one attached hydrogen (secondary N) is 1. The minimum absolute atomic E-state index is 0.275. The van der Waals surface area contributed by atoms with Gasteiger partial charge in [0.15, 0.2) is 0 Å². The summed E-state index contributed by atoms with van der Waals surface area (Å²) in [4.78, 5) is 20.7. The van der Waals surface area contributed by atoms with Gasteiger partial charge in [0.05, 0.1) is 5.69 Å². The third kappa shape index (κ3) is 5.27. The van der Waals surface area contributed by atoms with Crippen LogP contribution in [0.1, 0.15) is 15.9 Å². The van der Waals surface area contributed by atoms with Crippen LogP contribution in [-0.4, -0.2) is 15.9 Å². The third-order valence-electron chi connectivity index (χ3n) is 4.47. The average Bonchev–Trinajstić information content (AvgIpc) is 2.79. The van der Waals surface area contributed by atoms with Gasteiger partial charge in [-0.1, -0.05) is 18.2 Å². The van der Waals surface area contributed by atoms with Crippen molar-refractivity contribution in [1.82, 2.24) is 15.3 Å². The van der Waals surface area contributed by atoms with Gasteiger partial charge in [-0.25, -0.2) is 18.7 Å². The molecule has 7 heteroatoms. The Morgan fingerprint density at radius 3 is 2.32 bits per heavy atom. The maximum Gasteiger partial charge on any atom is 0.251 e. The van der Waals surface area contributed by atoms with E-state index >= 15 is 0 Å². The lowest BCUT2D eigenvalue weighted by molar-refractivity contribution is 0.0950. The topological polar surface area (TPSA) is 64.1 Å². The number of carbonyl (C=O) groups excluding carboxylic acids is 1. The molecule has 0 bridgehead atoms. The van der Waals surface area contributed by atoms with Gasteiger partial charge in [-0.05, 0) is 60.2 Å². The zero-order valence-corrected chi connectivity index (χ0v) is 16.3. The summed E-state index contributed by atoms with van der Waals surface area (Å²) in [6, 6.07) is 20.2. The molecular formula is C24H17F2N3O2. The van der Waals surface area contributed by atoms with Crippen LogP contribution in [0, 0.1) is 11.6 Å². The van der Waals surface area contributed by atoms with Gasteiger partial charge in [-0.2, -0.15) is 0 Å². The summed E-state index contributed by atoms with van der Waals surface area (Å²) in [5.41, 5.74) is 2.50. The number of carbonyl (C=O) groups is 1. The predicted molar refractivity (Wildman–Crippen MR) is 112 cm³/mol. The number of aromatic nitrogens is 2. The Hall–Kier alpha value is -4.13. The summed E-state index contributed by atoms with van der Waals surface area (Å²) >= 11 is 0. The van der Waals surface area contributed by atoms with Gasteiger partial charge in [0.1, 0.15) is 23.7 Å². The molecule has 154 valence electrons. The second-order valence-corrected chi connectivity index (χ2v) is 6.69. The van der Waals surface area contributed by atoms with Crippen molar-refractivity contribution in [3.8, 4) is 22.9 Å². The highest BCUT2D eigenvalue weighted by Crippen LogP contribution is 2.24. The van der Waals surface area contributed by atoms with E-state index in [1.54, 1.807) is 54.6 Å². The van der Waals surface area contributed by atoms with Crippen LogP contribution in [0.5, 0.6) is 11.6 Å². The monoisotopic (exact) mass is 417 g/mol. The van der Waals surface area contributed by atoms with Crippen molar-refractivity contribution in [3.63, 3.8) is 0 Å². The third-order valence-corrected chi connectivity index (χ3v) is 4.47. The molecule has 0 aliphatic rings. The van der Waals surface area contributed by atoms with Gasteiger partial charge in [0, 0.05) is 23.7 Å². The van der Waals surface area contributed by atoms with Gasteiger partial charge in [-0.3, -0.25) is 4.79 Å². The molecule has 0 saturated carbocycles. The lowest BCUT2D eigenvalue weighted by atomic mass is 10.1. The highest BCUT2D eigenvalue weighted by atomic mass is 19.1. The Morgan fingerprint density at radius 1 is 0.871 bits per heavy atom. The Balaban J connectivity index is 1.44. The Morgan fingerprint density at radius 2 is 1.58 bits per heavy atom. The molecule has 0 aliphatic carbocycles. The fourth-order valence-electron chi connectivity index (χ4n) is 2.88. The molecule has 4 rings (SSSR count). The van der Waals surface area contributed by atoms with Crippen molar-refractivity contribution in [3.05, 3.63) is 108 Å². The molecule has 0 aliphatic heterocycles. The Bertz CT molecular complexity index is 1200. The van der Waals surface area contributed by atoms with Crippen molar-refractivity contribution in [2.45, 2.75) is 6.54 Å². The molecule has 1 heterocycles. The summed E-state index contributed by atoms with van der Waals surface area (Å²) in [7, 11) is 0. The SMILES string of the molecule is O=C(NCc1ccc(F)cc1)c1cccc(Oc2cc(-c3ccc(F)cc3)ncn2)c1. The maximum absolute atomic E-state index is 13.1. The standard InChI is InChI=1S/C24H17F2N3O2/c25-19-8-4-16(5-9-19)14-27-24(30)18-2-1-3-21(12-18)31-23-13-22(28-15-29-23)17-6-10-20(26)11-7-17/h1-13,15H,14H2,(H,27,30). The molecule has 0 unspecified atom stereocenters. The van der Waals surface area contributed by atoms with Gasteiger partial charge in [0.2, 0.25) is 5.88 Å². The fourth-order valence-corrected chi connectivity index (χ4v) is 2.88. The smallest absolute Gasteiger partial charge is 0.251 e. The van der Waals surface area contributed by atoms with Crippen LogP contribution >= 0.6 is 0 Å². The molecule has 4 aromatic rings. The van der Waals surface area contributed by atoms with Crippen molar-refractivity contribution < 1.29 is 18.3 Å². The van der Waals surface area contributed by atoms with Crippen molar-refractivity contribution in [2.24, 2.45) is 0 Å². The highest BCUT2D eigenvalue weighted by molar-refractivity contribution is 5.94. The van der Waals surface area contributed by atoms with Crippen molar-refractivity contribution in [2.75, 3.05) is 0 Å². The van der Waals surface area contributed by atoms with E-state index in [4.69, 9.17) is 4.74 Å². The van der Waals surface area contributed by atoms with Crippen LogP contribution < -0.4 is 10.1 Å². The summed E-state index contributed by atoms with van der Waals surface area (Å²) < 4.78 is 31.9. The second kappa shape index (κ2) is 9.13. The molecule has 1 amide bonds. The second-order valence-electron chi connectivity index (χ2n) is 6.69. The number of ether oxygens (including phenoxy) is 1. The molecule has 31 heavy (non-hydrogen) atoms. The minimum Gasteiger partial charge on any atom is -0.439 e. The quantitative estimate of drug-likeness (QED) is 0.472. The summed E-state index contributed by atoms with van der Waals surface area (Å²) in [5, 5.41) is 2.79. The van der Waals surface area contributed by atoms with Crippen LogP contribution in [0.3, 0.4) is 0 Å². The summed E-state index contributed by atoms with van der Waals surface area (Å²) in [6.45, 7) is 0.275. The molecule has 3 aromatic carbocycles. The molecule has 0 fully saturated rings. The van der Waals surface area contributed by atoms with E-state index in [1.807, 2.05) is 0 Å². The lowest BCUT2D eigenvalue weighted by Crippen LogP contribution is -2.22. The zero-order chi connectivity index (χ0) is 21.6. The molecule has 0 saturated heterocycles. The summed E-state index contributed by atoms with van der Waals surface area (Å²) in [5.74, 6) is -0.225. The minimum atomic E-state index is -0.330. The number of benzene rings is 3. The number of halogens is 2. The molecule has 1 N–H and O–H groups in total. The Labute approximate surface area is 177 Å². The number of hydrogen-bond acceptors (Lipinski definition) is 4. The number of hydrogen-bond donors (Lipinski definition) is 1.